The maximum atomic E-state index is 14.0. The first-order valence-electron chi connectivity index (χ1n) is 7.85. The summed E-state index contributed by atoms with van der Waals surface area (Å²) in [5.74, 6) is -1.00. The minimum atomic E-state index is -0.586. The molecule has 25 heavy (non-hydrogen) atoms. The Morgan fingerprint density at radius 2 is 2.32 bits per heavy atom. The van der Waals surface area contributed by atoms with Crippen LogP contribution in [-0.2, 0) is 11.3 Å². The number of rotatable bonds is 5. The van der Waals surface area contributed by atoms with Gasteiger partial charge in [0.25, 0.3) is 0 Å². The molecule has 1 saturated heterocycles. The third-order valence-corrected chi connectivity index (χ3v) is 4.88. The van der Waals surface area contributed by atoms with Crippen molar-refractivity contribution in [2.24, 2.45) is 0 Å². The van der Waals surface area contributed by atoms with Gasteiger partial charge < -0.3 is 10.1 Å². The molecule has 2 atom stereocenters. The minimum absolute atomic E-state index is 0.109. The van der Waals surface area contributed by atoms with Crippen LogP contribution in [0.1, 0.15) is 25.1 Å². The number of hydrogen-bond acceptors (Lipinski definition) is 6. The van der Waals surface area contributed by atoms with E-state index >= 15 is 0 Å². The number of halogens is 2. The van der Waals surface area contributed by atoms with Gasteiger partial charge in [0, 0.05) is 44.7 Å². The van der Waals surface area contributed by atoms with Gasteiger partial charge in [0.2, 0.25) is 17.8 Å². The Balaban J connectivity index is 1.62. The molecule has 3 heterocycles. The molecule has 1 fully saturated rings. The van der Waals surface area contributed by atoms with Crippen molar-refractivity contribution < 1.29 is 18.3 Å². The molecule has 0 aromatic carbocycles. The number of hydrogen-bond donors (Lipinski definition) is 1. The van der Waals surface area contributed by atoms with Crippen LogP contribution in [0.25, 0.3) is 0 Å². The summed E-state index contributed by atoms with van der Waals surface area (Å²) in [6, 6.07) is 3.04. The lowest BCUT2D eigenvalue weighted by Crippen LogP contribution is -2.28. The van der Waals surface area contributed by atoms with Crippen LogP contribution in [0, 0.1) is 11.9 Å². The number of likely N-dealkylation sites (tertiary alicyclic amines) is 1. The van der Waals surface area contributed by atoms with Gasteiger partial charge in [-0.1, -0.05) is 11.3 Å². The number of anilines is 1. The predicted octanol–water partition coefficient (Wildman–Crippen LogP) is 2.82. The van der Waals surface area contributed by atoms with E-state index in [0.717, 1.165) is 17.8 Å². The Bertz CT molecular complexity index is 770. The summed E-state index contributed by atoms with van der Waals surface area (Å²) in [4.78, 5) is 20.8. The second-order valence-corrected chi connectivity index (χ2v) is 7.07. The molecule has 2 aromatic heterocycles. The predicted molar refractivity (Wildman–Crippen MR) is 89.5 cm³/mol. The molecule has 1 aliphatic heterocycles. The Hall–Kier alpha value is -2.13. The minimum Gasteiger partial charge on any atom is -0.489 e. The molecule has 9 heteroatoms. The second-order valence-electron chi connectivity index (χ2n) is 5.98. The topological polar surface area (TPSA) is 67.4 Å². The molecular formula is C16H18F2N4O2S. The SMILES string of the molecule is CC(=O)Nc1nc(F)c(CN2C[C@H](Oc3ccnc(F)c3)C[C@@H]2C)s1. The molecule has 3 rings (SSSR count). The normalized spacial score (nSPS) is 20.6. The number of nitrogens with zero attached hydrogens (tertiary/aromatic N) is 3. The van der Waals surface area contributed by atoms with E-state index in [1.807, 2.05) is 6.92 Å². The van der Waals surface area contributed by atoms with Crippen molar-refractivity contribution in [3.8, 4) is 5.75 Å². The van der Waals surface area contributed by atoms with Gasteiger partial charge in [-0.2, -0.15) is 13.8 Å². The second kappa shape index (κ2) is 7.40. The van der Waals surface area contributed by atoms with Crippen molar-refractivity contribution >= 4 is 22.4 Å². The molecule has 1 aliphatic rings. The lowest BCUT2D eigenvalue weighted by atomic mass is 10.2. The number of thiazole rings is 1. The quantitative estimate of drug-likeness (QED) is 0.822. The van der Waals surface area contributed by atoms with E-state index in [1.54, 1.807) is 6.07 Å². The molecule has 0 spiro atoms. The zero-order valence-electron chi connectivity index (χ0n) is 13.8. The molecule has 0 aliphatic carbocycles. The maximum absolute atomic E-state index is 14.0. The highest BCUT2D eigenvalue weighted by atomic mass is 32.1. The highest BCUT2D eigenvalue weighted by Crippen LogP contribution is 2.28. The monoisotopic (exact) mass is 368 g/mol. The summed E-state index contributed by atoms with van der Waals surface area (Å²) in [7, 11) is 0. The maximum Gasteiger partial charge on any atom is 0.230 e. The lowest BCUT2D eigenvalue weighted by molar-refractivity contribution is -0.114. The van der Waals surface area contributed by atoms with Crippen LogP contribution < -0.4 is 10.1 Å². The van der Waals surface area contributed by atoms with Crippen LogP contribution in [0.15, 0.2) is 18.3 Å². The van der Waals surface area contributed by atoms with E-state index in [4.69, 9.17) is 4.74 Å². The first-order chi connectivity index (χ1) is 11.9. The zero-order chi connectivity index (χ0) is 18.0. The zero-order valence-corrected chi connectivity index (χ0v) is 14.6. The Labute approximate surface area is 147 Å². The third kappa shape index (κ3) is 4.49. The standard InChI is InChI=1S/C16H18F2N4O2S/c1-9-5-12(24-11-3-4-19-14(17)6-11)7-22(9)8-13-15(18)21-16(25-13)20-10(2)23/h3-4,6,9,12H,5,7-8H2,1-2H3,(H,20,21,23)/t9-,12+/m0/s1. The van der Waals surface area contributed by atoms with Gasteiger partial charge >= 0.3 is 0 Å². The van der Waals surface area contributed by atoms with Crippen LogP contribution in [0.5, 0.6) is 5.75 Å². The summed E-state index contributed by atoms with van der Waals surface area (Å²) in [6.45, 7) is 4.36. The average Bonchev–Trinajstić information content (AvgIpc) is 3.02. The van der Waals surface area contributed by atoms with Crippen LogP contribution in [-0.4, -0.2) is 39.5 Å². The first-order valence-corrected chi connectivity index (χ1v) is 8.67. The van der Waals surface area contributed by atoms with Crippen molar-refractivity contribution in [3.63, 3.8) is 0 Å². The van der Waals surface area contributed by atoms with Gasteiger partial charge in [0.1, 0.15) is 11.9 Å². The van der Waals surface area contributed by atoms with Crippen molar-refractivity contribution in [1.82, 2.24) is 14.9 Å². The van der Waals surface area contributed by atoms with E-state index in [2.05, 4.69) is 20.2 Å². The van der Waals surface area contributed by atoms with E-state index < -0.39 is 11.9 Å². The summed E-state index contributed by atoms with van der Waals surface area (Å²) >= 11 is 1.13. The Morgan fingerprint density at radius 3 is 3.04 bits per heavy atom. The highest BCUT2D eigenvalue weighted by molar-refractivity contribution is 7.15. The molecular weight excluding hydrogens is 350 g/mol. The number of ether oxygens (including phenoxy) is 1. The largest absolute Gasteiger partial charge is 0.489 e. The molecule has 134 valence electrons. The lowest BCUT2D eigenvalue weighted by Gasteiger charge is -2.19. The van der Waals surface area contributed by atoms with Crippen LogP contribution in [0.4, 0.5) is 13.9 Å². The molecule has 0 saturated carbocycles. The number of pyridine rings is 1. The van der Waals surface area contributed by atoms with Gasteiger partial charge in [0.15, 0.2) is 5.13 Å². The third-order valence-electron chi connectivity index (χ3n) is 3.95. The summed E-state index contributed by atoms with van der Waals surface area (Å²) in [5.41, 5.74) is 0. The van der Waals surface area contributed by atoms with E-state index in [0.29, 0.717) is 23.7 Å². The first kappa shape index (κ1) is 17.7. The number of carbonyl (C=O) groups excluding carboxylic acids is 1. The van der Waals surface area contributed by atoms with Gasteiger partial charge in [-0.25, -0.2) is 4.98 Å². The summed E-state index contributed by atoms with van der Waals surface area (Å²) < 4.78 is 32.9. The molecule has 1 N–H and O–H groups in total. The number of amides is 1. The smallest absolute Gasteiger partial charge is 0.230 e. The number of aromatic nitrogens is 2. The fraction of sp³-hybridized carbons (Fsp3) is 0.438. The summed E-state index contributed by atoms with van der Waals surface area (Å²) in [6.07, 6.45) is 2.00. The van der Waals surface area contributed by atoms with Gasteiger partial charge in [-0.05, 0) is 13.0 Å². The number of carbonyl (C=O) groups is 1. The van der Waals surface area contributed by atoms with E-state index in [1.165, 1.54) is 19.2 Å². The molecule has 6 nitrogen and oxygen atoms in total. The van der Waals surface area contributed by atoms with Crippen molar-refractivity contribution in [1.29, 1.82) is 0 Å². The fourth-order valence-corrected chi connectivity index (χ4v) is 3.74. The van der Waals surface area contributed by atoms with Crippen LogP contribution >= 0.6 is 11.3 Å². The Kier molecular flexibility index (Phi) is 5.24. The molecule has 2 aromatic rings. The van der Waals surface area contributed by atoms with E-state index in [9.17, 15) is 13.6 Å². The van der Waals surface area contributed by atoms with Crippen molar-refractivity contribution in [2.75, 3.05) is 11.9 Å². The average molecular weight is 368 g/mol. The van der Waals surface area contributed by atoms with E-state index in [-0.39, 0.29) is 23.2 Å². The Morgan fingerprint density at radius 1 is 1.52 bits per heavy atom. The highest BCUT2D eigenvalue weighted by Gasteiger charge is 2.31. The van der Waals surface area contributed by atoms with Crippen molar-refractivity contribution in [2.45, 2.75) is 39.0 Å². The van der Waals surface area contributed by atoms with Gasteiger partial charge in [-0.15, -0.1) is 0 Å². The summed E-state index contributed by atoms with van der Waals surface area (Å²) in [5, 5.41) is 2.75. The van der Waals surface area contributed by atoms with Gasteiger partial charge in [-0.3, -0.25) is 9.69 Å². The van der Waals surface area contributed by atoms with Crippen LogP contribution in [0.2, 0.25) is 0 Å². The molecule has 0 bridgehead atoms. The molecule has 1 amide bonds. The fourth-order valence-electron chi connectivity index (χ4n) is 2.82. The van der Waals surface area contributed by atoms with Gasteiger partial charge in [0.05, 0.1) is 4.88 Å². The number of nitrogens with one attached hydrogen (secondary N) is 1. The molecule has 0 unspecified atom stereocenters. The van der Waals surface area contributed by atoms with Crippen molar-refractivity contribution in [3.05, 3.63) is 35.1 Å². The van der Waals surface area contributed by atoms with Crippen LogP contribution in [0.3, 0.4) is 0 Å². The molecule has 0 radical (unpaired) electrons.